The highest BCUT2D eigenvalue weighted by Gasteiger charge is 2.36. The van der Waals surface area contributed by atoms with Gasteiger partial charge in [0.05, 0.1) is 12.2 Å². The Morgan fingerprint density at radius 3 is 2.53 bits per heavy atom. The molecule has 2 rings (SSSR count). The molecule has 0 aromatic rings. The molecule has 2 nitrogen and oxygen atoms in total. The minimum Gasteiger partial charge on any atom is -0.493 e. The highest BCUT2D eigenvalue weighted by Crippen LogP contribution is 2.42. The number of carbonyl (C=O) groups excluding carboxylic acids is 1. The lowest BCUT2D eigenvalue weighted by Crippen LogP contribution is -2.19. The molecule has 0 aliphatic heterocycles. The van der Waals surface area contributed by atoms with E-state index in [1.807, 2.05) is 37.3 Å². The van der Waals surface area contributed by atoms with Crippen LogP contribution < -0.4 is 4.74 Å². The molecule has 2 aliphatic rings. The van der Waals surface area contributed by atoms with Crippen molar-refractivity contribution in [2.24, 2.45) is 0 Å². The summed E-state index contributed by atoms with van der Waals surface area (Å²) in [6.07, 6.45) is 0. The molecule has 100 valence electrons. The summed E-state index contributed by atoms with van der Waals surface area (Å²) in [5.74, 6) is -0.137. The lowest BCUT2D eigenvalue weighted by atomic mass is 10.1. The molecule has 0 saturated heterocycles. The molecule has 0 unspecified atom stereocenters. The van der Waals surface area contributed by atoms with Crippen molar-refractivity contribution < 1.29 is 9.53 Å². The Bertz CT molecular complexity index is 576. The van der Waals surface area contributed by atoms with Crippen molar-refractivity contribution in [2.75, 3.05) is 6.61 Å². The van der Waals surface area contributed by atoms with E-state index in [2.05, 4.69) is 0 Å². The maximum absolute atomic E-state index is 12.3. The van der Waals surface area contributed by atoms with Crippen molar-refractivity contribution in [3.05, 3.63) is 42.0 Å². The van der Waals surface area contributed by atoms with Gasteiger partial charge in [-0.2, -0.15) is 0 Å². The number of carbonyl (C=O) groups is 1. The number of fused-ring (bicyclic) bond motifs is 1. The van der Waals surface area contributed by atoms with Crippen LogP contribution in [-0.4, -0.2) is 16.2 Å². The van der Waals surface area contributed by atoms with E-state index in [4.69, 9.17) is 39.5 Å². The second-order valence-corrected chi connectivity index (χ2v) is 6.20. The number of ether oxygens (including phenoxy) is 1. The topological polar surface area (TPSA) is 26.3 Å². The van der Waals surface area contributed by atoms with Crippen molar-refractivity contribution in [3.63, 3.8) is 0 Å². The number of hydrogen-bond donors (Lipinski definition) is 0. The molecule has 0 radical (unpaired) electrons. The van der Waals surface area contributed by atoms with Gasteiger partial charge in [0.1, 0.15) is 5.75 Å². The molecule has 2 aliphatic carbocycles. The summed E-state index contributed by atoms with van der Waals surface area (Å²) in [5.41, 5.74) is 1.89. The van der Waals surface area contributed by atoms with Crippen LogP contribution in [0.4, 0.5) is 0 Å². The maximum Gasteiger partial charge on any atom is 0.253 e. The van der Waals surface area contributed by atoms with E-state index in [1.165, 1.54) is 0 Å². The molecule has 0 amide bonds. The van der Waals surface area contributed by atoms with Crippen molar-refractivity contribution in [1.29, 1.82) is 0 Å². The summed E-state index contributed by atoms with van der Waals surface area (Å²) in [4.78, 5) is 12.3. The standard InChI is InChI=1S/C14H11Cl3O2/c1-2-19-11-8-9-6-4-3-5-7-10(9)12(11)13(18)14(15,16)17/h3-8H,2H2,1H3. The van der Waals surface area contributed by atoms with Gasteiger partial charge in [-0.05, 0) is 24.1 Å². The molecule has 0 heterocycles. The Hall–Kier alpha value is -0.960. The number of ketones is 1. The highest BCUT2D eigenvalue weighted by molar-refractivity contribution is 6.77. The van der Waals surface area contributed by atoms with Gasteiger partial charge in [0.15, 0.2) is 0 Å². The SMILES string of the molecule is CCOc1cc2cccccc-2c1C(=O)C(Cl)(Cl)Cl. The minimum absolute atomic E-state index is 0.313. The van der Waals surface area contributed by atoms with Crippen LogP contribution in [0.25, 0.3) is 11.1 Å². The van der Waals surface area contributed by atoms with Crippen LogP contribution in [-0.2, 0) is 0 Å². The van der Waals surface area contributed by atoms with Gasteiger partial charge >= 0.3 is 0 Å². The van der Waals surface area contributed by atoms with E-state index in [-0.39, 0.29) is 0 Å². The van der Waals surface area contributed by atoms with Crippen molar-refractivity contribution in [1.82, 2.24) is 0 Å². The predicted molar refractivity (Wildman–Crippen MR) is 78.9 cm³/mol. The van der Waals surface area contributed by atoms with Crippen LogP contribution in [0, 0.1) is 0 Å². The molecule has 0 saturated carbocycles. The second-order valence-electron chi connectivity index (χ2n) is 3.92. The van der Waals surface area contributed by atoms with Crippen LogP contribution in [0.1, 0.15) is 17.3 Å². The average Bonchev–Trinajstić information content (AvgIpc) is 2.51. The lowest BCUT2D eigenvalue weighted by Gasteiger charge is -2.11. The summed E-state index contributed by atoms with van der Waals surface area (Å²) in [6.45, 7) is 2.27. The van der Waals surface area contributed by atoms with E-state index in [1.54, 1.807) is 6.07 Å². The first-order chi connectivity index (χ1) is 8.95. The minimum atomic E-state index is -2.00. The first-order valence-electron chi connectivity index (χ1n) is 5.71. The molecule has 0 spiro atoms. The Morgan fingerprint density at radius 2 is 1.89 bits per heavy atom. The van der Waals surface area contributed by atoms with Crippen molar-refractivity contribution in [3.8, 4) is 16.9 Å². The van der Waals surface area contributed by atoms with Crippen LogP contribution >= 0.6 is 34.8 Å². The molecule has 0 atom stereocenters. The fourth-order valence-electron chi connectivity index (χ4n) is 1.91. The van der Waals surface area contributed by atoms with Gasteiger partial charge in [0.25, 0.3) is 3.79 Å². The Kier molecular flexibility index (Phi) is 4.24. The van der Waals surface area contributed by atoms with Crippen molar-refractivity contribution >= 4 is 40.6 Å². The third-order valence-electron chi connectivity index (χ3n) is 2.66. The fourth-order valence-corrected chi connectivity index (χ4v) is 2.19. The number of halogens is 3. The summed E-state index contributed by atoms with van der Waals surface area (Å²) in [6, 6.07) is 11.0. The third-order valence-corrected chi connectivity index (χ3v) is 3.17. The largest absolute Gasteiger partial charge is 0.493 e. The van der Waals surface area contributed by atoms with Gasteiger partial charge in [0.2, 0.25) is 5.78 Å². The molecular formula is C14H11Cl3O2. The molecule has 0 bridgehead atoms. The van der Waals surface area contributed by atoms with E-state index < -0.39 is 9.58 Å². The third kappa shape index (κ3) is 2.97. The van der Waals surface area contributed by atoms with Crippen LogP contribution in [0.5, 0.6) is 5.75 Å². The van der Waals surface area contributed by atoms with E-state index in [9.17, 15) is 4.79 Å². The summed E-state index contributed by atoms with van der Waals surface area (Å²) < 4.78 is 3.47. The van der Waals surface area contributed by atoms with Crippen LogP contribution in [0.15, 0.2) is 36.4 Å². The Morgan fingerprint density at radius 1 is 1.21 bits per heavy atom. The quantitative estimate of drug-likeness (QED) is 0.603. The van der Waals surface area contributed by atoms with E-state index >= 15 is 0 Å². The number of Topliss-reactive ketones (excluding diaryl/α,β-unsaturated/α-hetero) is 1. The predicted octanol–water partition coefficient (Wildman–Crippen LogP) is 4.74. The maximum atomic E-state index is 12.3. The lowest BCUT2D eigenvalue weighted by molar-refractivity contribution is 0.0994. The van der Waals surface area contributed by atoms with Gasteiger partial charge in [0, 0.05) is 0 Å². The van der Waals surface area contributed by atoms with Gasteiger partial charge in [-0.15, -0.1) is 0 Å². The highest BCUT2D eigenvalue weighted by atomic mass is 35.6. The van der Waals surface area contributed by atoms with Crippen LogP contribution in [0.2, 0.25) is 0 Å². The van der Waals surface area contributed by atoms with E-state index in [0.717, 1.165) is 5.56 Å². The molecule has 5 heteroatoms. The number of alkyl halides is 3. The van der Waals surface area contributed by atoms with Gasteiger partial charge < -0.3 is 4.74 Å². The summed E-state index contributed by atoms with van der Waals surface area (Å²) in [5, 5.41) is 0. The van der Waals surface area contributed by atoms with Crippen molar-refractivity contribution in [2.45, 2.75) is 10.7 Å². The first-order valence-corrected chi connectivity index (χ1v) is 6.84. The fraction of sp³-hybridized carbons (Fsp3) is 0.214. The normalized spacial score (nSPS) is 11.6. The van der Waals surface area contributed by atoms with Crippen LogP contribution in [0.3, 0.4) is 0 Å². The Balaban J connectivity index is 2.65. The average molecular weight is 318 g/mol. The number of hydrogen-bond acceptors (Lipinski definition) is 2. The Labute approximate surface area is 126 Å². The molecular weight excluding hydrogens is 307 g/mol. The molecule has 0 aromatic carbocycles. The molecule has 0 aromatic heterocycles. The zero-order valence-electron chi connectivity index (χ0n) is 10.1. The zero-order chi connectivity index (χ0) is 14.0. The molecule has 0 fully saturated rings. The second kappa shape index (κ2) is 5.58. The monoisotopic (exact) mass is 316 g/mol. The van der Waals surface area contributed by atoms with Gasteiger partial charge in [-0.1, -0.05) is 65.1 Å². The summed E-state index contributed by atoms with van der Waals surface area (Å²) >= 11 is 17.1. The van der Waals surface area contributed by atoms with Gasteiger partial charge in [-0.3, -0.25) is 4.79 Å². The first kappa shape index (κ1) is 14.4. The number of rotatable bonds is 3. The smallest absolute Gasteiger partial charge is 0.253 e. The molecule has 19 heavy (non-hydrogen) atoms. The molecule has 0 N–H and O–H groups in total. The zero-order valence-corrected chi connectivity index (χ0v) is 12.4. The summed E-state index contributed by atoms with van der Waals surface area (Å²) in [7, 11) is 0. The van der Waals surface area contributed by atoms with E-state index in [0.29, 0.717) is 23.5 Å². The van der Waals surface area contributed by atoms with Gasteiger partial charge in [-0.25, -0.2) is 0 Å².